The molecule has 0 saturated carbocycles. The summed E-state index contributed by atoms with van der Waals surface area (Å²) in [5.74, 6) is 2.32. The molecule has 0 aromatic heterocycles. The Labute approximate surface area is 265 Å². The van der Waals surface area contributed by atoms with Crippen molar-refractivity contribution < 1.29 is 18.9 Å². The molecule has 0 aliphatic carbocycles. The van der Waals surface area contributed by atoms with E-state index in [1.54, 1.807) is 7.11 Å². The molecule has 0 bridgehead atoms. The van der Waals surface area contributed by atoms with Crippen LogP contribution in [-0.2, 0) is 11.2 Å². The van der Waals surface area contributed by atoms with Gasteiger partial charge >= 0.3 is 0 Å². The zero-order chi connectivity index (χ0) is 30.8. The lowest BCUT2D eigenvalue weighted by Gasteiger charge is -2.20. The van der Waals surface area contributed by atoms with Crippen LogP contribution in [0.2, 0.25) is 10.0 Å². The molecule has 228 valence electrons. The van der Waals surface area contributed by atoms with Crippen LogP contribution in [0.4, 0.5) is 0 Å². The van der Waals surface area contributed by atoms with E-state index in [-0.39, 0.29) is 12.0 Å². The van der Waals surface area contributed by atoms with Crippen LogP contribution in [0, 0.1) is 13.8 Å². The second kappa shape index (κ2) is 16.0. The summed E-state index contributed by atoms with van der Waals surface area (Å²) in [7, 11) is 1.71. The fourth-order valence-electron chi connectivity index (χ4n) is 5.12. The third kappa shape index (κ3) is 9.14. The van der Waals surface area contributed by atoms with Gasteiger partial charge in [-0.1, -0.05) is 71.7 Å². The van der Waals surface area contributed by atoms with Gasteiger partial charge in [-0.2, -0.15) is 0 Å². The van der Waals surface area contributed by atoms with Crippen LogP contribution in [0.15, 0.2) is 78.9 Å². The van der Waals surface area contributed by atoms with Gasteiger partial charge in [-0.15, -0.1) is 0 Å². The summed E-state index contributed by atoms with van der Waals surface area (Å²) >= 11 is 12.6. The van der Waals surface area contributed by atoms with Crippen LogP contribution < -0.4 is 19.9 Å². The molecule has 2 N–H and O–H groups in total. The molecule has 4 rings (SSSR count). The van der Waals surface area contributed by atoms with E-state index in [4.69, 9.17) is 47.9 Å². The quantitative estimate of drug-likeness (QED) is 0.134. The molecule has 0 saturated heterocycles. The topological polar surface area (TPSA) is 62.9 Å². The second-order valence-electron chi connectivity index (χ2n) is 10.8. The maximum atomic E-state index is 6.30. The van der Waals surface area contributed by atoms with Crippen molar-refractivity contribution in [3.8, 4) is 28.4 Å². The normalized spacial score (nSPS) is 12.5. The highest BCUT2D eigenvalue weighted by Crippen LogP contribution is 2.35. The highest BCUT2D eigenvalue weighted by molar-refractivity contribution is 6.37. The summed E-state index contributed by atoms with van der Waals surface area (Å²) in [4.78, 5) is 0. The molecule has 5 nitrogen and oxygen atoms in total. The monoisotopic (exact) mass is 621 g/mol. The van der Waals surface area contributed by atoms with Crippen molar-refractivity contribution in [3.63, 3.8) is 0 Å². The van der Waals surface area contributed by atoms with E-state index >= 15 is 0 Å². The first-order chi connectivity index (χ1) is 20.8. The zero-order valence-electron chi connectivity index (χ0n) is 25.4. The van der Waals surface area contributed by atoms with Gasteiger partial charge in [0.25, 0.3) is 0 Å². The number of halogens is 2. The first-order valence-corrected chi connectivity index (χ1v) is 15.4. The van der Waals surface area contributed by atoms with Gasteiger partial charge in [0.15, 0.2) is 5.75 Å². The van der Waals surface area contributed by atoms with E-state index in [0.29, 0.717) is 42.2 Å². The summed E-state index contributed by atoms with van der Waals surface area (Å²) < 4.78 is 23.1. The van der Waals surface area contributed by atoms with Crippen LogP contribution in [0.1, 0.15) is 41.5 Å². The molecule has 4 aromatic rings. The van der Waals surface area contributed by atoms with E-state index in [1.807, 2.05) is 56.3 Å². The summed E-state index contributed by atoms with van der Waals surface area (Å²) in [5, 5.41) is 0.988. The largest absolute Gasteiger partial charge is 0.493 e. The molecule has 0 spiro atoms. The van der Waals surface area contributed by atoms with Crippen LogP contribution in [0.5, 0.6) is 17.2 Å². The predicted octanol–water partition coefficient (Wildman–Crippen LogP) is 8.82. The maximum absolute atomic E-state index is 6.30. The van der Waals surface area contributed by atoms with Gasteiger partial charge in [-0.05, 0) is 91.9 Å². The standard InChI is InChI=1S/C36H41Cl2NO4/c1-24-18-33(37)36(34(38)19-24)42-23-26(3)43-30-13-10-27(11-14-30)21-29(22-39)31-15-12-28(20-25(31)2)32-8-5-6-9-35(32)41-17-7-16-40-4/h5-6,8-15,18-20,26,29H,7,16-17,21-23,39H2,1-4H3. The van der Waals surface area contributed by atoms with E-state index in [0.717, 1.165) is 41.0 Å². The van der Waals surface area contributed by atoms with Crippen LogP contribution >= 0.6 is 23.2 Å². The minimum atomic E-state index is -0.196. The Morgan fingerprint density at radius 3 is 2.23 bits per heavy atom. The molecule has 4 aromatic carbocycles. The Morgan fingerprint density at radius 1 is 0.837 bits per heavy atom. The highest BCUT2D eigenvalue weighted by atomic mass is 35.5. The summed E-state index contributed by atoms with van der Waals surface area (Å²) in [6.45, 7) is 8.21. The van der Waals surface area contributed by atoms with Crippen molar-refractivity contribution in [2.45, 2.75) is 45.6 Å². The van der Waals surface area contributed by atoms with E-state index in [1.165, 1.54) is 16.7 Å². The van der Waals surface area contributed by atoms with E-state index in [9.17, 15) is 0 Å². The van der Waals surface area contributed by atoms with Gasteiger partial charge in [0, 0.05) is 31.6 Å². The Hall–Kier alpha value is -3.22. The molecule has 0 radical (unpaired) electrons. The summed E-state index contributed by atoms with van der Waals surface area (Å²) in [5.41, 5.74) is 13.2. The highest BCUT2D eigenvalue weighted by Gasteiger charge is 2.16. The molecule has 0 aliphatic heterocycles. The Bertz CT molecular complexity index is 1450. The average Bonchev–Trinajstić information content (AvgIpc) is 2.99. The predicted molar refractivity (Wildman–Crippen MR) is 177 cm³/mol. The molecule has 0 aliphatic rings. The molecule has 0 amide bonds. The van der Waals surface area contributed by atoms with Crippen molar-refractivity contribution in [1.82, 2.24) is 0 Å². The maximum Gasteiger partial charge on any atom is 0.156 e. The molecule has 7 heteroatoms. The number of aryl methyl sites for hydroxylation is 2. The Morgan fingerprint density at radius 2 is 1.56 bits per heavy atom. The number of ether oxygens (including phenoxy) is 4. The molecule has 2 atom stereocenters. The lowest BCUT2D eigenvalue weighted by molar-refractivity contribution is 0.143. The SMILES string of the molecule is COCCCOc1ccccc1-c1ccc(C(CN)Cc2ccc(OC(C)COc3c(Cl)cc(C)cc3Cl)cc2)c(C)c1. The number of para-hydroxylation sites is 1. The molecule has 2 unspecified atom stereocenters. The van der Waals surface area contributed by atoms with Crippen molar-refractivity contribution in [1.29, 1.82) is 0 Å². The molecule has 0 fully saturated rings. The minimum absolute atomic E-state index is 0.192. The van der Waals surface area contributed by atoms with Crippen LogP contribution in [0.3, 0.4) is 0 Å². The molecule has 43 heavy (non-hydrogen) atoms. The van der Waals surface area contributed by atoms with E-state index in [2.05, 4.69) is 43.3 Å². The lowest BCUT2D eigenvalue weighted by atomic mass is 9.87. The lowest BCUT2D eigenvalue weighted by Crippen LogP contribution is -2.21. The zero-order valence-corrected chi connectivity index (χ0v) is 26.9. The van der Waals surface area contributed by atoms with Crippen molar-refractivity contribution in [2.24, 2.45) is 5.73 Å². The fourth-order valence-corrected chi connectivity index (χ4v) is 5.82. The molecular weight excluding hydrogens is 581 g/mol. The van der Waals surface area contributed by atoms with Crippen LogP contribution in [-0.4, -0.2) is 39.6 Å². The van der Waals surface area contributed by atoms with E-state index < -0.39 is 0 Å². The van der Waals surface area contributed by atoms with Crippen molar-refractivity contribution in [3.05, 3.63) is 111 Å². The third-order valence-electron chi connectivity index (χ3n) is 7.29. The Kier molecular flexibility index (Phi) is 12.2. The number of rotatable bonds is 15. The smallest absolute Gasteiger partial charge is 0.156 e. The third-order valence-corrected chi connectivity index (χ3v) is 7.85. The molecular formula is C36H41Cl2NO4. The first-order valence-electron chi connectivity index (χ1n) is 14.6. The van der Waals surface area contributed by atoms with Gasteiger partial charge in [0.2, 0.25) is 0 Å². The van der Waals surface area contributed by atoms with Crippen LogP contribution in [0.25, 0.3) is 11.1 Å². The first kappa shape index (κ1) is 32.7. The summed E-state index contributed by atoms with van der Waals surface area (Å²) in [6, 6.07) is 26.6. The minimum Gasteiger partial charge on any atom is -0.493 e. The van der Waals surface area contributed by atoms with Gasteiger partial charge in [-0.25, -0.2) is 0 Å². The number of benzene rings is 4. The van der Waals surface area contributed by atoms with Crippen molar-refractivity contribution >= 4 is 23.2 Å². The fraction of sp³-hybridized carbons (Fsp3) is 0.333. The number of methoxy groups -OCH3 is 1. The van der Waals surface area contributed by atoms with Gasteiger partial charge in [-0.3, -0.25) is 0 Å². The van der Waals surface area contributed by atoms with Gasteiger partial charge in [0.1, 0.15) is 24.2 Å². The Balaban J connectivity index is 1.37. The number of hydrogen-bond acceptors (Lipinski definition) is 5. The second-order valence-corrected chi connectivity index (χ2v) is 11.7. The average molecular weight is 623 g/mol. The number of nitrogens with two attached hydrogens (primary N) is 1. The van der Waals surface area contributed by atoms with Gasteiger partial charge in [0.05, 0.1) is 16.7 Å². The number of hydrogen-bond donors (Lipinski definition) is 1. The molecule has 0 heterocycles. The van der Waals surface area contributed by atoms with Gasteiger partial charge < -0.3 is 24.7 Å². The summed E-state index contributed by atoms with van der Waals surface area (Å²) in [6.07, 6.45) is 1.48. The van der Waals surface area contributed by atoms with Crippen molar-refractivity contribution in [2.75, 3.05) is 33.5 Å².